The fourth-order valence-corrected chi connectivity index (χ4v) is 3.34. The van der Waals surface area contributed by atoms with Crippen LogP contribution in [-0.4, -0.2) is 43.5 Å². The Kier molecular flexibility index (Phi) is 7.34. The van der Waals surface area contributed by atoms with E-state index in [-0.39, 0.29) is 25.0 Å². The zero-order valence-corrected chi connectivity index (χ0v) is 15.4. The summed E-state index contributed by atoms with van der Waals surface area (Å²) < 4.78 is 6.22. The highest BCUT2D eigenvalue weighted by Gasteiger charge is 2.15. The number of nitrogens with zero attached hydrogens (tertiary/aromatic N) is 1. The van der Waals surface area contributed by atoms with Crippen LogP contribution in [0.15, 0.2) is 21.1 Å². The van der Waals surface area contributed by atoms with Crippen molar-refractivity contribution in [1.29, 1.82) is 0 Å². The number of aryl methyl sites for hydroxylation is 1. The van der Waals surface area contributed by atoms with Crippen molar-refractivity contribution in [3.63, 3.8) is 0 Å². The van der Waals surface area contributed by atoms with Crippen molar-refractivity contribution in [3.8, 4) is 0 Å². The molecule has 0 aliphatic carbocycles. The second-order valence-electron chi connectivity index (χ2n) is 4.53. The summed E-state index contributed by atoms with van der Waals surface area (Å²) in [6, 6.07) is 3.85. The normalized spacial score (nSPS) is 10.6. The third-order valence-corrected chi connectivity index (χ3v) is 4.10. The van der Waals surface area contributed by atoms with Crippen molar-refractivity contribution in [2.24, 2.45) is 0 Å². The molecule has 1 amide bonds. The molecule has 0 bridgehead atoms. The Bertz CT molecular complexity index is 512. The van der Waals surface area contributed by atoms with E-state index in [4.69, 9.17) is 0 Å². The molecule has 1 aromatic carbocycles. The molecular weight excluding hydrogens is 404 g/mol. The number of esters is 1. The molecule has 0 aliphatic heterocycles. The Labute approximate surface area is 141 Å². The maximum atomic E-state index is 12.1. The van der Waals surface area contributed by atoms with Crippen LogP contribution in [0.2, 0.25) is 0 Å². The SMILES string of the molecule is CCN(CC(=O)Nc1c(Br)cc(C)cc1Br)CC(=O)OC. The minimum absolute atomic E-state index is 0.0939. The molecule has 0 saturated carbocycles. The maximum absolute atomic E-state index is 12.1. The first kappa shape index (κ1) is 18.1. The van der Waals surface area contributed by atoms with Gasteiger partial charge in [-0.2, -0.15) is 0 Å². The standard InChI is InChI=1S/C14H18Br2N2O3/c1-4-18(8-13(20)21-3)7-12(19)17-14-10(15)5-9(2)6-11(14)16/h5-6H,4,7-8H2,1-3H3,(H,17,19). The highest BCUT2D eigenvalue weighted by atomic mass is 79.9. The van der Waals surface area contributed by atoms with E-state index >= 15 is 0 Å². The number of ether oxygens (including phenoxy) is 1. The molecule has 1 aromatic rings. The summed E-state index contributed by atoms with van der Waals surface area (Å²) in [4.78, 5) is 25.1. The van der Waals surface area contributed by atoms with Gasteiger partial charge in [-0.05, 0) is 63.0 Å². The molecule has 0 unspecified atom stereocenters. The van der Waals surface area contributed by atoms with E-state index in [0.717, 1.165) is 14.5 Å². The second-order valence-corrected chi connectivity index (χ2v) is 6.24. The summed E-state index contributed by atoms with van der Waals surface area (Å²) in [7, 11) is 1.33. The molecular formula is C14H18Br2N2O3. The average Bonchev–Trinajstić information content (AvgIpc) is 2.41. The first-order chi connectivity index (χ1) is 9.87. The van der Waals surface area contributed by atoms with Gasteiger partial charge in [0.25, 0.3) is 0 Å². The van der Waals surface area contributed by atoms with Crippen LogP contribution >= 0.6 is 31.9 Å². The number of likely N-dealkylation sites (N-methyl/N-ethyl adjacent to an activating group) is 1. The van der Waals surface area contributed by atoms with Gasteiger partial charge in [-0.25, -0.2) is 0 Å². The predicted octanol–water partition coefficient (Wildman–Crippen LogP) is 2.95. The highest BCUT2D eigenvalue weighted by Crippen LogP contribution is 2.32. The number of rotatable bonds is 6. The molecule has 0 saturated heterocycles. The van der Waals surface area contributed by atoms with Crippen LogP contribution in [0.25, 0.3) is 0 Å². The molecule has 0 aromatic heterocycles. The fourth-order valence-electron chi connectivity index (χ4n) is 1.73. The molecule has 116 valence electrons. The Morgan fingerprint density at radius 2 is 1.81 bits per heavy atom. The molecule has 21 heavy (non-hydrogen) atoms. The monoisotopic (exact) mass is 420 g/mol. The summed E-state index contributed by atoms with van der Waals surface area (Å²) in [5.74, 6) is -0.548. The van der Waals surface area contributed by atoms with Gasteiger partial charge in [0.1, 0.15) is 0 Å². The number of anilines is 1. The average molecular weight is 422 g/mol. The summed E-state index contributed by atoms with van der Waals surface area (Å²) in [5.41, 5.74) is 1.76. The van der Waals surface area contributed by atoms with Crippen LogP contribution in [0.4, 0.5) is 5.69 Å². The lowest BCUT2D eigenvalue weighted by molar-refractivity contribution is -0.142. The minimum atomic E-state index is -0.359. The summed E-state index contributed by atoms with van der Waals surface area (Å²) in [5, 5.41) is 2.84. The van der Waals surface area contributed by atoms with Crippen molar-refractivity contribution >= 4 is 49.4 Å². The van der Waals surface area contributed by atoms with Gasteiger partial charge in [0.05, 0.1) is 25.9 Å². The van der Waals surface area contributed by atoms with Gasteiger partial charge < -0.3 is 10.1 Å². The minimum Gasteiger partial charge on any atom is -0.468 e. The van der Waals surface area contributed by atoms with Crippen molar-refractivity contribution in [1.82, 2.24) is 4.90 Å². The molecule has 7 heteroatoms. The van der Waals surface area contributed by atoms with E-state index in [1.807, 2.05) is 26.0 Å². The molecule has 1 rings (SSSR count). The Morgan fingerprint density at radius 3 is 2.29 bits per heavy atom. The third-order valence-electron chi connectivity index (χ3n) is 2.85. The number of benzene rings is 1. The van der Waals surface area contributed by atoms with Crippen LogP contribution in [0.1, 0.15) is 12.5 Å². The first-order valence-electron chi connectivity index (χ1n) is 6.42. The second kappa shape index (κ2) is 8.51. The Morgan fingerprint density at radius 1 is 1.24 bits per heavy atom. The van der Waals surface area contributed by atoms with Gasteiger partial charge in [0.2, 0.25) is 5.91 Å². The van der Waals surface area contributed by atoms with E-state index < -0.39 is 0 Å². The highest BCUT2D eigenvalue weighted by molar-refractivity contribution is 9.11. The van der Waals surface area contributed by atoms with Crippen molar-refractivity contribution in [2.45, 2.75) is 13.8 Å². The summed E-state index contributed by atoms with van der Waals surface area (Å²) in [6.45, 7) is 4.65. The number of amides is 1. The largest absolute Gasteiger partial charge is 0.468 e. The van der Waals surface area contributed by atoms with Gasteiger partial charge in [-0.3, -0.25) is 14.5 Å². The topological polar surface area (TPSA) is 58.6 Å². The van der Waals surface area contributed by atoms with Crippen molar-refractivity contribution in [3.05, 3.63) is 26.6 Å². The maximum Gasteiger partial charge on any atom is 0.319 e. The molecule has 0 radical (unpaired) electrons. The number of methoxy groups -OCH3 is 1. The number of hydrogen-bond donors (Lipinski definition) is 1. The van der Waals surface area contributed by atoms with Crippen LogP contribution in [0.5, 0.6) is 0 Å². The summed E-state index contributed by atoms with van der Waals surface area (Å²) in [6.07, 6.45) is 0. The van der Waals surface area contributed by atoms with Gasteiger partial charge in [0.15, 0.2) is 0 Å². The zero-order valence-electron chi connectivity index (χ0n) is 12.2. The van der Waals surface area contributed by atoms with Crippen molar-refractivity contribution in [2.75, 3.05) is 32.1 Å². The van der Waals surface area contributed by atoms with Crippen LogP contribution in [0.3, 0.4) is 0 Å². The lowest BCUT2D eigenvalue weighted by Gasteiger charge is -2.19. The number of hydrogen-bond acceptors (Lipinski definition) is 4. The Hall–Kier alpha value is -0.920. The quantitative estimate of drug-likeness (QED) is 0.717. The number of nitrogens with one attached hydrogen (secondary N) is 1. The Balaban J connectivity index is 2.71. The predicted molar refractivity (Wildman–Crippen MR) is 89.3 cm³/mol. The molecule has 0 fully saturated rings. The van der Waals surface area contributed by atoms with E-state index in [1.54, 1.807) is 4.90 Å². The first-order valence-corrected chi connectivity index (χ1v) is 8.00. The molecule has 0 spiro atoms. The number of carbonyl (C=O) groups is 2. The van der Waals surface area contributed by atoms with E-state index in [1.165, 1.54) is 7.11 Å². The van der Waals surface area contributed by atoms with Gasteiger partial charge in [-0.15, -0.1) is 0 Å². The molecule has 5 nitrogen and oxygen atoms in total. The molecule has 1 N–H and O–H groups in total. The van der Waals surface area contributed by atoms with Gasteiger partial charge >= 0.3 is 5.97 Å². The van der Waals surface area contributed by atoms with Crippen LogP contribution in [0, 0.1) is 6.92 Å². The molecule has 0 aliphatic rings. The van der Waals surface area contributed by atoms with Crippen molar-refractivity contribution < 1.29 is 14.3 Å². The summed E-state index contributed by atoms with van der Waals surface area (Å²) >= 11 is 6.86. The number of carbonyl (C=O) groups excluding carboxylic acids is 2. The lowest BCUT2D eigenvalue weighted by Crippen LogP contribution is -2.37. The van der Waals surface area contributed by atoms with E-state index in [9.17, 15) is 9.59 Å². The molecule has 0 atom stereocenters. The van der Waals surface area contributed by atoms with E-state index in [0.29, 0.717) is 12.2 Å². The fraction of sp³-hybridized carbons (Fsp3) is 0.429. The van der Waals surface area contributed by atoms with E-state index in [2.05, 4.69) is 41.9 Å². The van der Waals surface area contributed by atoms with Crippen LogP contribution in [-0.2, 0) is 14.3 Å². The third kappa shape index (κ3) is 5.76. The van der Waals surface area contributed by atoms with Gasteiger partial charge in [0, 0.05) is 8.95 Å². The zero-order chi connectivity index (χ0) is 16.0. The van der Waals surface area contributed by atoms with Crippen LogP contribution < -0.4 is 5.32 Å². The lowest BCUT2D eigenvalue weighted by atomic mass is 10.2. The number of halogens is 2. The smallest absolute Gasteiger partial charge is 0.319 e. The molecule has 0 heterocycles. The van der Waals surface area contributed by atoms with Gasteiger partial charge in [-0.1, -0.05) is 6.92 Å².